The zero-order chi connectivity index (χ0) is 14.8. The molecule has 1 aliphatic rings. The summed E-state index contributed by atoms with van der Waals surface area (Å²) in [4.78, 5) is 0.285. The van der Waals surface area contributed by atoms with Crippen molar-refractivity contribution in [2.24, 2.45) is 5.92 Å². The van der Waals surface area contributed by atoms with E-state index >= 15 is 0 Å². The van der Waals surface area contributed by atoms with Crippen LogP contribution in [-0.4, -0.2) is 31.9 Å². The molecule has 1 aromatic carbocycles. The molecule has 0 bridgehead atoms. The second kappa shape index (κ2) is 5.74. The van der Waals surface area contributed by atoms with Crippen molar-refractivity contribution >= 4 is 15.5 Å². The van der Waals surface area contributed by atoms with E-state index in [1.54, 1.807) is 24.3 Å². The Bertz CT molecular complexity index is 560. The molecule has 0 aliphatic heterocycles. The van der Waals surface area contributed by atoms with Gasteiger partial charge in [0.05, 0.1) is 16.2 Å². The van der Waals surface area contributed by atoms with Gasteiger partial charge >= 0.3 is 0 Å². The predicted octanol–water partition coefficient (Wildman–Crippen LogP) is 2.44. The van der Waals surface area contributed by atoms with Crippen LogP contribution >= 0.6 is 0 Å². The smallest absolute Gasteiger partial charge is 0.177 e. The molecular formula is C15H23NO3S. The van der Waals surface area contributed by atoms with Crippen molar-refractivity contribution in [3.8, 4) is 0 Å². The van der Waals surface area contributed by atoms with Crippen molar-refractivity contribution in [1.29, 1.82) is 0 Å². The average Bonchev–Trinajstić information content (AvgIpc) is 2.40. The number of anilines is 1. The van der Waals surface area contributed by atoms with Gasteiger partial charge in [-0.2, -0.15) is 0 Å². The fourth-order valence-corrected chi connectivity index (χ4v) is 3.54. The van der Waals surface area contributed by atoms with E-state index in [0.29, 0.717) is 18.2 Å². The summed E-state index contributed by atoms with van der Waals surface area (Å²) in [6.07, 6.45) is 4.77. The third-order valence-electron chi connectivity index (χ3n) is 4.10. The Morgan fingerprint density at radius 2 is 1.90 bits per heavy atom. The predicted molar refractivity (Wildman–Crippen MR) is 80.6 cm³/mol. The minimum absolute atomic E-state index is 0.285. The fraction of sp³-hybridized carbons (Fsp3) is 0.600. The summed E-state index contributed by atoms with van der Waals surface area (Å²) in [7, 11) is -3.26. The number of sulfone groups is 1. The van der Waals surface area contributed by atoms with Crippen LogP contribution in [0.15, 0.2) is 29.2 Å². The highest BCUT2D eigenvalue weighted by Gasteiger charge is 2.31. The minimum atomic E-state index is -3.26. The summed E-state index contributed by atoms with van der Waals surface area (Å²) < 4.78 is 23.5. The normalized spacial score (nSPS) is 27.2. The summed E-state index contributed by atoms with van der Waals surface area (Å²) in [5.74, 6) is 0.665. The molecule has 1 fully saturated rings. The Balaban J connectivity index is 2.08. The van der Waals surface area contributed by atoms with Gasteiger partial charge in [0.1, 0.15) is 0 Å². The van der Waals surface area contributed by atoms with E-state index < -0.39 is 15.4 Å². The first-order chi connectivity index (χ1) is 9.30. The van der Waals surface area contributed by atoms with E-state index in [1.165, 1.54) is 6.26 Å². The molecule has 2 rings (SSSR count). The first kappa shape index (κ1) is 15.3. The number of rotatable bonds is 4. The van der Waals surface area contributed by atoms with E-state index in [-0.39, 0.29) is 4.90 Å². The molecule has 1 aromatic rings. The number of nitrogens with one attached hydrogen (secondary N) is 1. The van der Waals surface area contributed by atoms with Crippen molar-refractivity contribution in [1.82, 2.24) is 0 Å². The Labute approximate surface area is 121 Å². The lowest BCUT2D eigenvalue weighted by molar-refractivity contribution is 0.00497. The maximum absolute atomic E-state index is 11.7. The van der Waals surface area contributed by atoms with Gasteiger partial charge in [0, 0.05) is 12.8 Å². The summed E-state index contributed by atoms with van der Waals surface area (Å²) in [6.45, 7) is 2.60. The molecule has 2 N–H and O–H groups in total. The molecule has 0 radical (unpaired) electrons. The maximum Gasteiger partial charge on any atom is 0.177 e. The molecule has 0 saturated heterocycles. The van der Waals surface area contributed by atoms with Gasteiger partial charge in [0.25, 0.3) is 0 Å². The van der Waals surface area contributed by atoms with Gasteiger partial charge in [0.15, 0.2) is 9.84 Å². The first-order valence-electron chi connectivity index (χ1n) is 7.05. The fourth-order valence-electron chi connectivity index (χ4n) is 2.67. The molecule has 0 heterocycles. The Kier molecular flexibility index (Phi) is 4.39. The van der Waals surface area contributed by atoms with Crippen molar-refractivity contribution in [2.45, 2.75) is 43.1 Å². The second-order valence-corrected chi connectivity index (χ2v) is 8.01. The topological polar surface area (TPSA) is 66.4 Å². The number of para-hydroxylation sites is 1. The number of hydrogen-bond donors (Lipinski definition) is 2. The molecule has 1 aliphatic carbocycles. The molecule has 4 nitrogen and oxygen atoms in total. The van der Waals surface area contributed by atoms with Gasteiger partial charge in [-0.15, -0.1) is 0 Å². The molecule has 1 saturated carbocycles. The molecule has 0 atom stereocenters. The molecule has 0 spiro atoms. The minimum Gasteiger partial charge on any atom is -0.388 e. The zero-order valence-electron chi connectivity index (χ0n) is 12.1. The number of benzene rings is 1. The largest absolute Gasteiger partial charge is 0.388 e. The number of hydrogen-bond acceptors (Lipinski definition) is 4. The van der Waals surface area contributed by atoms with E-state index in [4.69, 9.17) is 0 Å². The van der Waals surface area contributed by atoms with E-state index in [1.807, 2.05) is 0 Å². The van der Waals surface area contributed by atoms with Gasteiger partial charge in [-0.3, -0.25) is 0 Å². The van der Waals surface area contributed by atoms with E-state index in [2.05, 4.69) is 12.2 Å². The summed E-state index contributed by atoms with van der Waals surface area (Å²) in [6, 6.07) is 6.83. The Morgan fingerprint density at radius 1 is 1.30 bits per heavy atom. The quantitative estimate of drug-likeness (QED) is 0.896. The molecule has 112 valence electrons. The zero-order valence-corrected chi connectivity index (χ0v) is 12.9. The summed E-state index contributed by atoms with van der Waals surface area (Å²) in [5, 5.41) is 13.6. The summed E-state index contributed by atoms with van der Waals surface area (Å²) >= 11 is 0. The van der Waals surface area contributed by atoms with Gasteiger partial charge in [0.2, 0.25) is 0 Å². The lowest BCUT2D eigenvalue weighted by Crippen LogP contribution is -2.40. The Morgan fingerprint density at radius 3 is 2.50 bits per heavy atom. The van der Waals surface area contributed by atoms with Crippen LogP contribution in [0.4, 0.5) is 5.69 Å². The van der Waals surface area contributed by atoms with Crippen LogP contribution in [0.25, 0.3) is 0 Å². The van der Waals surface area contributed by atoms with E-state index in [9.17, 15) is 13.5 Å². The van der Waals surface area contributed by atoms with Gasteiger partial charge in [-0.1, -0.05) is 19.1 Å². The van der Waals surface area contributed by atoms with Crippen molar-refractivity contribution in [3.63, 3.8) is 0 Å². The second-order valence-electron chi connectivity index (χ2n) is 6.03. The maximum atomic E-state index is 11.7. The Hall–Kier alpha value is -1.07. The first-order valence-corrected chi connectivity index (χ1v) is 8.95. The standard InChI is InChI=1S/C15H23NO3S/c1-12-7-9-15(17,10-8-12)11-16-13-5-3-4-6-14(13)20(2,18)19/h3-6,12,16-17H,7-11H2,1-2H3. The lowest BCUT2D eigenvalue weighted by Gasteiger charge is -2.35. The van der Waals surface area contributed by atoms with Crippen LogP contribution < -0.4 is 5.32 Å². The van der Waals surface area contributed by atoms with Crippen LogP contribution in [0.5, 0.6) is 0 Å². The lowest BCUT2D eigenvalue weighted by atomic mass is 9.79. The highest BCUT2D eigenvalue weighted by atomic mass is 32.2. The summed E-state index contributed by atoms with van der Waals surface area (Å²) in [5.41, 5.74) is -0.154. The third kappa shape index (κ3) is 3.73. The number of aliphatic hydroxyl groups is 1. The average molecular weight is 297 g/mol. The third-order valence-corrected chi connectivity index (χ3v) is 5.25. The molecule has 0 unspecified atom stereocenters. The van der Waals surface area contributed by atoms with Crippen LogP contribution in [-0.2, 0) is 9.84 Å². The highest BCUT2D eigenvalue weighted by Crippen LogP contribution is 2.32. The monoisotopic (exact) mass is 297 g/mol. The van der Waals surface area contributed by atoms with Gasteiger partial charge in [-0.05, 0) is 43.7 Å². The molecule has 0 amide bonds. The van der Waals surface area contributed by atoms with Crippen molar-refractivity contribution in [2.75, 3.05) is 18.1 Å². The van der Waals surface area contributed by atoms with Crippen LogP contribution in [0, 0.1) is 5.92 Å². The van der Waals surface area contributed by atoms with Crippen molar-refractivity contribution in [3.05, 3.63) is 24.3 Å². The molecule has 0 aromatic heterocycles. The van der Waals surface area contributed by atoms with E-state index in [0.717, 1.165) is 25.7 Å². The van der Waals surface area contributed by atoms with Crippen LogP contribution in [0.3, 0.4) is 0 Å². The van der Waals surface area contributed by atoms with Crippen LogP contribution in [0.1, 0.15) is 32.6 Å². The van der Waals surface area contributed by atoms with Gasteiger partial charge < -0.3 is 10.4 Å². The van der Waals surface area contributed by atoms with Crippen molar-refractivity contribution < 1.29 is 13.5 Å². The van der Waals surface area contributed by atoms with Gasteiger partial charge in [-0.25, -0.2) is 8.42 Å². The molecule has 20 heavy (non-hydrogen) atoms. The molecule has 5 heteroatoms. The highest BCUT2D eigenvalue weighted by molar-refractivity contribution is 7.90. The SMILES string of the molecule is CC1CCC(O)(CNc2ccccc2S(C)(=O)=O)CC1. The molecular weight excluding hydrogens is 274 g/mol. The van der Waals surface area contributed by atoms with Crippen LogP contribution in [0.2, 0.25) is 0 Å².